The molecule has 5 nitrogen and oxygen atoms in total. The van der Waals surface area contributed by atoms with Gasteiger partial charge in [-0.25, -0.2) is 4.79 Å². The molecule has 0 radical (unpaired) electrons. The summed E-state index contributed by atoms with van der Waals surface area (Å²) in [5, 5.41) is 0. The second-order valence-electron chi connectivity index (χ2n) is 5.30. The molecule has 0 aromatic heterocycles. The van der Waals surface area contributed by atoms with Gasteiger partial charge >= 0.3 is 5.97 Å². The molecular formula is C19H18O5. The minimum Gasteiger partial charge on any atom is -0.454 e. The molecule has 1 aliphatic rings. The van der Waals surface area contributed by atoms with Gasteiger partial charge in [-0.05, 0) is 42.3 Å². The maximum Gasteiger partial charge on any atom is 0.340 e. The van der Waals surface area contributed by atoms with Crippen LogP contribution in [0.5, 0.6) is 11.5 Å². The molecule has 2 aromatic rings. The summed E-state index contributed by atoms with van der Waals surface area (Å²) in [5.41, 5.74) is 2.33. The van der Waals surface area contributed by atoms with Crippen molar-refractivity contribution in [2.75, 3.05) is 6.79 Å². The van der Waals surface area contributed by atoms with Crippen LogP contribution in [0, 0.1) is 0 Å². The van der Waals surface area contributed by atoms with Crippen molar-refractivity contribution in [3.05, 3.63) is 65.7 Å². The van der Waals surface area contributed by atoms with Crippen molar-refractivity contribution in [3.8, 4) is 11.5 Å². The second kappa shape index (κ2) is 7.19. The van der Waals surface area contributed by atoms with Gasteiger partial charge in [0.15, 0.2) is 11.5 Å². The summed E-state index contributed by atoms with van der Waals surface area (Å²) in [6.07, 6.45) is 1.05. The van der Waals surface area contributed by atoms with Gasteiger partial charge < -0.3 is 18.9 Å². The molecule has 0 fully saturated rings. The molecule has 0 bridgehead atoms. The van der Waals surface area contributed by atoms with Crippen LogP contribution in [0.1, 0.15) is 28.4 Å². The highest BCUT2D eigenvalue weighted by atomic mass is 16.7. The molecule has 5 heteroatoms. The maximum absolute atomic E-state index is 12.1. The van der Waals surface area contributed by atoms with Crippen molar-refractivity contribution in [1.82, 2.24) is 0 Å². The Morgan fingerprint density at radius 1 is 1.21 bits per heavy atom. The predicted molar refractivity (Wildman–Crippen MR) is 88.8 cm³/mol. The number of esters is 1. The fourth-order valence-electron chi connectivity index (χ4n) is 2.25. The third-order valence-corrected chi connectivity index (χ3v) is 3.58. The number of benzene rings is 2. The fraction of sp³-hybridized carbons (Fsp3) is 0.211. The van der Waals surface area contributed by atoms with E-state index in [0.717, 1.165) is 16.9 Å². The summed E-state index contributed by atoms with van der Waals surface area (Å²) in [5.74, 6) is 0.994. The largest absolute Gasteiger partial charge is 0.454 e. The highest BCUT2D eigenvalue weighted by Gasteiger charge is 2.15. The van der Waals surface area contributed by atoms with Gasteiger partial charge in [0.1, 0.15) is 0 Å². The van der Waals surface area contributed by atoms with Gasteiger partial charge in [-0.15, -0.1) is 0 Å². The molecule has 0 amide bonds. The lowest BCUT2D eigenvalue weighted by atomic mass is 10.1. The Hall–Kier alpha value is -2.79. The fourth-order valence-corrected chi connectivity index (χ4v) is 2.25. The molecule has 0 spiro atoms. The molecule has 1 aliphatic heterocycles. The van der Waals surface area contributed by atoms with E-state index >= 15 is 0 Å². The number of ether oxygens (including phenoxy) is 4. The molecule has 1 heterocycles. The average molecular weight is 326 g/mol. The molecule has 1 unspecified atom stereocenters. The summed E-state index contributed by atoms with van der Waals surface area (Å²) in [4.78, 5) is 12.1. The van der Waals surface area contributed by atoms with E-state index in [4.69, 9.17) is 18.9 Å². The minimum atomic E-state index is -0.665. The number of hydrogen-bond acceptors (Lipinski definition) is 5. The van der Waals surface area contributed by atoms with E-state index in [-0.39, 0.29) is 6.79 Å². The number of rotatable bonds is 6. The van der Waals surface area contributed by atoms with E-state index in [1.165, 1.54) is 0 Å². The molecular weight excluding hydrogens is 308 g/mol. The van der Waals surface area contributed by atoms with E-state index in [9.17, 15) is 4.79 Å². The maximum atomic E-state index is 12.1. The van der Waals surface area contributed by atoms with Crippen LogP contribution < -0.4 is 9.47 Å². The van der Waals surface area contributed by atoms with E-state index in [2.05, 4.69) is 6.58 Å². The zero-order valence-corrected chi connectivity index (χ0v) is 13.4. The summed E-state index contributed by atoms with van der Waals surface area (Å²) in [6, 6.07) is 12.6. The van der Waals surface area contributed by atoms with E-state index in [0.29, 0.717) is 17.9 Å². The van der Waals surface area contributed by atoms with Crippen LogP contribution in [0.2, 0.25) is 0 Å². The number of fused-ring (bicyclic) bond motifs is 1. The first-order valence-corrected chi connectivity index (χ1v) is 7.59. The molecule has 0 N–H and O–H groups in total. The summed E-state index contributed by atoms with van der Waals surface area (Å²) >= 11 is 0. The topological polar surface area (TPSA) is 54.0 Å². The number of hydrogen-bond donors (Lipinski definition) is 0. The SMILES string of the molecule is C=Cc1ccc(C(=O)OC(C)OCc2ccc3c(c2)OCO3)cc1. The Kier molecular flexibility index (Phi) is 4.82. The first-order chi connectivity index (χ1) is 11.7. The molecule has 2 aromatic carbocycles. The summed E-state index contributed by atoms with van der Waals surface area (Å²) < 4.78 is 21.4. The van der Waals surface area contributed by atoms with Gasteiger partial charge in [0.05, 0.1) is 12.2 Å². The Morgan fingerprint density at radius 3 is 2.71 bits per heavy atom. The smallest absolute Gasteiger partial charge is 0.340 e. The van der Waals surface area contributed by atoms with Crippen molar-refractivity contribution in [2.45, 2.75) is 19.8 Å². The zero-order valence-electron chi connectivity index (χ0n) is 13.4. The van der Waals surface area contributed by atoms with E-state index < -0.39 is 12.3 Å². The Labute approximate surface area is 140 Å². The van der Waals surface area contributed by atoms with Gasteiger partial charge in [-0.3, -0.25) is 0 Å². The number of carbonyl (C=O) groups is 1. The molecule has 3 rings (SSSR count). The van der Waals surface area contributed by atoms with Crippen molar-refractivity contribution in [1.29, 1.82) is 0 Å². The third kappa shape index (κ3) is 3.75. The lowest BCUT2D eigenvalue weighted by molar-refractivity contribution is -0.105. The molecule has 124 valence electrons. The first-order valence-electron chi connectivity index (χ1n) is 7.59. The summed E-state index contributed by atoms with van der Waals surface area (Å²) in [6.45, 7) is 5.90. The monoisotopic (exact) mass is 326 g/mol. The van der Waals surface area contributed by atoms with Crippen LogP contribution in [0.3, 0.4) is 0 Å². The van der Waals surface area contributed by atoms with Crippen LogP contribution in [-0.4, -0.2) is 19.1 Å². The van der Waals surface area contributed by atoms with E-state index in [1.54, 1.807) is 25.1 Å². The standard InChI is InChI=1S/C19H18O5/c1-3-14-4-7-16(8-5-14)19(20)24-13(2)21-11-15-6-9-17-18(10-15)23-12-22-17/h3-10,13H,1,11-12H2,2H3. The lowest BCUT2D eigenvalue weighted by Crippen LogP contribution is -2.18. The summed E-state index contributed by atoms with van der Waals surface area (Å²) in [7, 11) is 0. The molecule has 0 saturated heterocycles. The van der Waals surface area contributed by atoms with Crippen LogP contribution in [0.25, 0.3) is 6.08 Å². The normalized spacial score (nSPS) is 13.4. The minimum absolute atomic E-state index is 0.234. The lowest BCUT2D eigenvalue weighted by Gasteiger charge is -2.14. The van der Waals surface area contributed by atoms with Gasteiger partial charge in [0.25, 0.3) is 0 Å². The van der Waals surface area contributed by atoms with E-state index in [1.807, 2.05) is 30.3 Å². The molecule has 0 saturated carbocycles. The van der Waals surface area contributed by atoms with Crippen LogP contribution >= 0.6 is 0 Å². The van der Waals surface area contributed by atoms with Crippen molar-refractivity contribution in [2.24, 2.45) is 0 Å². The molecule has 0 aliphatic carbocycles. The van der Waals surface area contributed by atoms with Crippen LogP contribution in [0.4, 0.5) is 0 Å². The van der Waals surface area contributed by atoms with Crippen molar-refractivity contribution < 1.29 is 23.7 Å². The quantitative estimate of drug-likeness (QED) is 0.597. The molecule has 24 heavy (non-hydrogen) atoms. The highest BCUT2D eigenvalue weighted by molar-refractivity contribution is 5.89. The van der Waals surface area contributed by atoms with Crippen LogP contribution in [-0.2, 0) is 16.1 Å². The zero-order chi connectivity index (χ0) is 16.9. The van der Waals surface area contributed by atoms with Gasteiger partial charge in [0.2, 0.25) is 13.1 Å². The number of carbonyl (C=O) groups excluding carboxylic acids is 1. The highest BCUT2D eigenvalue weighted by Crippen LogP contribution is 2.32. The van der Waals surface area contributed by atoms with Gasteiger partial charge in [-0.1, -0.05) is 30.9 Å². The Bertz CT molecular complexity index is 736. The Morgan fingerprint density at radius 2 is 1.96 bits per heavy atom. The first kappa shape index (κ1) is 16.1. The van der Waals surface area contributed by atoms with Crippen molar-refractivity contribution in [3.63, 3.8) is 0 Å². The third-order valence-electron chi connectivity index (χ3n) is 3.58. The van der Waals surface area contributed by atoms with Gasteiger partial charge in [0, 0.05) is 0 Å². The second-order valence-corrected chi connectivity index (χ2v) is 5.30. The van der Waals surface area contributed by atoms with Crippen LogP contribution in [0.15, 0.2) is 49.0 Å². The average Bonchev–Trinajstić information content (AvgIpc) is 3.07. The Balaban J connectivity index is 1.52. The van der Waals surface area contributed by atoms with Gasteiger partial charge in [-0.2, -0.15) is 0 Å². The predicted octanol–water partition coefficient (Wildman–Crippen LogP) is 3.78. The molecule has 1 atom stereocenters. The van der Waals surface area contributed by atoms with Crippen molar-refractivity contribution >= 4 is 12.0 Å².